The number of hydrogen-bond donors (Lipinski definition) is 0. The van der Waals surface area contributed by atoms with Gasteiger partial charge in [0.15, 0.2) is 11.6 Å². The minimum Gasteiger partial charge on any atom is -0.384 e. The van der Waals surface area contributed by atoms with Crippen LogP contribution in [-0.2, 0) is 14.3 Å². The number of rotatable bonds is 5. The second-order valence-corrected chi connectivity index (χ2v) is 8.31. The maximum absolute atomic E-state index is 13.0. The Hall–Kier alpha value is -1.72. The molecular formula is C20H23NO3S. The lowest BCUT2D eigenvalue weighted by atomic mass is 9.71. The van der Waals surface area contributed by atoms with Crippen molar-refractivity contribution < 1.29 is 14.3 Å². The first-order valence-electron chi connectivity index (χ1n) is 8.48. The van der Waals surface area contributed by atoms with Crippen molar-refractivity contribution in [3.05, 3.63) is 51.5 Å². The SMILES string of the molecule is COCCC(=O)C1=CSC2=C(C(=O)CC(C)(C)C2)[C@H]1c1ccncc1. The Morgan fingerprint density at radius 2 is 2.04 bits per heavy atom. The van der Waals surface area contributed by atoms with Crippen molar-refractivity contribution in [3.63, 3.8) is 0 Å². The molecule has 3 rings (SSSR count). The minimum atomic E-state index is -0.285. The zero-order chi connectivity index (χ0) is 18.0. The van der Waals surface area contributed by atoms with Gasteiger partial charge in [0.25, 0.3) is 0 Å². The Bertz CT molecular complexity index is 749. The van der Waals surface area contributed by atoms with E-state index in [0.717, 1.165) is 22.5 Å². The largest absolute Gasteiger partial charge is 0.384 e. The molecule has 25 heavy (non-hydrogen) atoms. The van der Waals surface area contributed by atoms with E-state index in [1.165, 1.54) is 0 Å². The number of ketones is 2. The number of nitrogens with zero attached hydrogens (tertiary/aromatic N) is 1. The van der Waals surface area contributed by atoms with Crippen LogP contribution in [0.1, 0.15) is 44.6 Å². The Morgan fingerprint density at radius 1 is 1.32 bits per heavy atom. The third kappa shape index (κ3) is 3.77. The van der Waals surface area contributed by atoms with Gasteiger partial charge in [0.2, 0.25) is 0 Å². The van der Waals surface area contributed by atoms with Gasteiger partial charge < -0.3 is 4.74 Å². The van der Waals surface area contributed by atoms with Crippen molar-refractivity contribution in [3.8, 4) is 0 Å². The molecule has 1 atom stereocenters. The van der Waals surface area contributed by atoms with Gasteiger partial charge in [-0.15, -0.1) is 11.8 Å². The zero-order valence-corrected chi connectivity index (χ0v) is 15.7. The molecule has 132 valence electrons. The van der Waals surface area contributed by atoms with Crippen LogP contribution in [0.4, 0.5) is 0 Å². The summed E-state index contributed by atoms with van der Waals surface area (Å²) in [5.74, 6) is -0.0849. The van der Waals surface area contributed by atoms with Crippen molar-refractivity contribution >= 4 is 23.3 Å². The van der Waals surface area contributed by atoms with E-state index in [9.17, 15) is 9.59 Å². The molecule has 0 unspecified atom stereocenters. The molecule has 0 saturated carbocycles. The highest BCUT2D eigenvalue weighted by Gasteiger charge is 2.41. The molecule has 1 aliphatic heterocycles. The lowest BCUT2D eigenvalue weighted by molar-refractivity contribution is -0.118. The predicted molar refractivity (Wildman–Crippen MR) is 99.2 cm³/mol. The number of carbonyl (C=O) groups excluding carboxylic acids is 2. The summed E-state index contributed by atoms with van der Waals surface area (Å²) in [5.41, 5.74) is 2.42. The number of carbonyl (C=O) groups is 2. The monoisotopic (exact) mass is 357 g/mol. The first-order valence-corrected chi connectivity index (χ1v) is 9.36. The van der Waals surface area contributed by atoms with Crippen molar-refractivity contribution in [2.75, 3.05) is 13.7 Å². The lowest BCUT2D eigenvalue weighted by Gasteiger charge is -2.37. The van der Waals surface area contributed by atoms with Gasteiger partial charge in [-0.2, -0.15) is 0 Å². The van der Waals surface area contributed by atoms with E-state index in [2.05, 4.69) is 18.8 Å². The third-order valence-electron chi connectivity index (χ3n) is 4.70. The van der Waals surface area contributed by atoms with E-state index in [-0.39, 0.29) is 22.9 Å². The summed E-state index contributed by atoms with van der Waals surface area (Å²) in [5, 5.41) is 1.94. The molecule has 0 fully saturated rings. The molecule has 1 aromatic rings. The van der Waals surface area contributed by atoms with E-state index in [0.29, 0.717) is 25.0 Å². The second kappa shape index (κ2) is 7.26. The molecular weight excluding hydrogens is 334 g/mol. The number of thioether (sulfide) groups is 1. The molecule has 1 aromatic heterocycles. The number of pyridine rings is 1. The van der Waals surface area contributed by atoms with Gasteiger partial charge in [0.05, 0.1) is 6.61 Å². The standard InChI is InChI=1S/C20H23NO3S/c1-20(2)10-16(23)19-17(11-20)25-12-14(15(22)6-9-24-3)18(19)13-4-7-21-8-5-13/h4-5,7-8,12,18H,6,9-11H2,1-3H3/t18-/m0/s1. The van der Waals surface area contributed by atoms with E-state index in [4.69, 9.17) is 4.74 Å². The van der Waals surface area contributed by atoms with Gasteiger partial charge in [-0.25, -0.2) is 0 Å². The van der Waals surface area contributed by atoms with Crippen LogP contribution in [-0.4, -0.2) is 30.3 Å². The molecule has 0 amide bonds. The first kappa shape index (κ1) is 18.1. The summed E-state index contributed by atoms with van der Waals surface area (Å²) in [4.78, 5) is 30.9. The molecule has 4 nitrogen and oxygen atoms in total. The van der Waals surface area contributed by atoms with E-state index in [1.54, 1.807) is 31.3 Å². The van der Waals surface area contributed by atoms with Gasteiger partial charge in [-0.3, -0.25) is 14.6 Å². The molecule has 2 heterocycles. The molecule has 0 N–H and O–H groups in total. The molecule has 5 heteroatoms. The minimum absolute atomic E-state index is 0.0306. The van der Waals surface area contributed by atoms with Crippen molar-refractivity contribution in [2.24, 2.45) is 5.41 Å². The summed E-state index contributed by atoms with van der Waals surface area (Å²) >= 11 is 1.54. The van der Waals surface area contributed by atoms with Crippen LogP contribution in [0.2, 0.25) is 0 Å². The van der Waals surface area contributed by atoms with Gasteiger partial charge in [-0.05, 0) is 39.8 Å². The number of hydrogen-bond acceptors (Lipinski definition) is 5. The second-order valence-electron chi connectivity index (χ2n) is 7.35. The average molecular weight is 357 g/mol. The van der Waals surface area contributed by atoms with Gasteiger partial charge in [-0.1, -0.05) is 13.8 Å². The molecule has 0 radical (unpaired) electrons. The van der Waals surface area contributed by atoms with E-state index in [1.807, 2.05) is 17.5 Å². The van der Waals surface area contributed by atoms with Crippen LogP contribution >= 0.6 is 11.8 Å². The highest BCUT2D eigenvalue weighted by molar-refractivity contribution is 8.06. The Labute approximate surface area is 152 Å². The van der Waals surface area contributed by atoms with Gasteiger partial charge in [0.1, 0.15) is 0 Å². The van der Waals surface area contributed by atoms with Crippen LogP contribution in [0.25, 0.3) is 0 Å². The zero-order valence-electron chi connectivity index (χ0n) is 14.9. The van der Waals surface area contributed by atoms with Crippen LogP contribution < -0.4 is 0 Å². The summed E-state index contributed by atoms with van der Waals surface area (Å²) in [6.07, 6.45) is 5.15. The normalized spacial score (nSPS) is 22.4. The number of allylic oxidation sites excluding steroid dienone is 3. The third-order valence-corrected chi connectivity index (χ3v) is 5.72. The first-order chi connectivity index (χ1) is 11.9. The fraction of sp³-hybridized carbons (Fsp3) is 0.450. The molecule has 0 aromatic carbocycles. The van der Waals surface area contributed by atoms with Crippen molar-refractivity contribution in [1.29, 1.82) is 0 Å². The molecule has 2 aliphatic rings. The summed E-state index contributed by atoms with van der Waals surface area (Å²) < 4.78 is 5.06. The summed E-state index contributed by atoms with van der Waals surface area (Å²) in [6.45, 7) is 4.64. The predicted octanol–water partition coefficient (Wildman–Crippen LogP) is 4.04. The highest BCUT2D eigenvalue weighted by atomic mass is 32.2. The number of ether oxygens (including phenoxy) is 1. The summed E-state index contributed by atoms with van der Waals surface area (Å²) in [7, 11) is 1.59. The van der Waals surface area contributed by atoms with Crippen LogP contribution in [0.3, 0.4) is 0 Å². The van der Waals surface area contributed by atoms with Crippen LogP contribution in [0.5, 0.6) is 0 Å². The Balaban J connectivity index is 2.04. The fourth-order valence-corrected chi connectivity index (χ4v) is 4.90. The van der Waals surface area contributed by atoms with Gasteiger partial charge in [0, 0.05) is 49.4 Å². The van der Waals surface area contributed by atoms with Crippen molar-refractivity contribution in [1.82, 2.24) is 4.98 Å². The van der Waals surface area contributed by atoms with E-state index < -0.39 is 0 Å². The van der Waals surface area contributed by atoms with Gasteiger partial charge >= 0.3 is 0 Å². The van der Waals surface area contributed by atoms with Crippen molar-refractivity contribution in [2.45, 2.75) is 39.0 Å². The average Bonchev–Trinajstić information content (AvgIpc) is 2.58. The summed E-state index contributed by atoms with van der Waals surface area (Å²) in [6, 6.07) is 3.80. The van der Waals surface area contributed by atoms with E-state index >= 15 is 0 Å². The Morgan fingerprint density at radius 3 is 2.72 bits per heavy atom. The lowest BCUT2D eigenvalue weighted by Crippen LogP contribution is -2.31. The maximum atomic E-state index is 13.0. The quantitative estimate of drug-likeness (QED) is 0.796. The molecule has 0 saturated heterocycles. The number of Topliss-reactive ketones (excluding diaryl/α,β-unsaturated/α-hetero) is 2. The maximum Gasteiger partial charge on any atom is 0.162 e. The molecule has 0 bridgehead atoms. The smallest absolute Gasteiger partial charge is 0.162 e. The van der Waals surface area contributed by atoms with Crippen LogP contribution in [0.15, 0.2) is 46.0 Å². The number of methoxy groups -OCH3 is 1. The fourth-order valence-electron chi connectivity index (χ4n) is 3.53. The number of aromatic nitrogens is 1. The van der Waals surface area contributed by atoms with Crippen LogP contribution in [0, 0.1) is 5.41 Å². The topological polar surface area (TPSA) is 56.3 Å². The molecule has 1 aliphatic carbocycles. The Kier molecular flexibility index (Phi) is 5.25. The molecule has 0 spiro atoms. The highest BCUT2D eigenvalue weighted by Crippen LogP contribution is 2.51.